The molecule has 0 bridgehead atoms. The van der Waals surface area contributed by atoms with Crippen LogP contribution in [-0.4, -0.2) is 19.6 Å². The number of rotatable bonds is 4. The van der Waals surface area contributed by atoms with Crippen molar-refractivity contribution in [2.24, 2.45) is 0 Å². The van der Waals surface area contributed by atoms with E-state index < -0.39 is 0 Å². The molecule has 5 heteroatoms. The molecule has 0 radical (unpaired) electrons. The third-order valence-corrected chi connectivity index (χ3v) is 2.55. The van der Waals surface area contributed by atoms with Gasteiger partial charge in [-0.3, -0.25) is 5.41 Å². The maximum atomic E-state index is 7.24. The highest BCUT2D eigenvalue weighted by Crippen LogP contribution is 2.31. The highest BCUT2D eigenvalue weighted by molar-refractivity contribution is 6.42. The number of benzene rings is 1. The molecule has 82 valence electrons. The molecule has 15 heavy (non-hydrogen) atoms. The molecule has 1 aromatic carbocycles. The van der Waals surface area contributed by atoms with E-state index in [1.165, 1.54) is 7.11 Å². The van der Waals surface area contributed by atoms with E-state index in [1.807, 2.05) is 0 Å². The second-order valence-corrected chi connectivity index (χ2v) is 3.56. The number of ether oxygens (including phenoxy) is 2. The average Bonchev–Trinajstić information content (AvgIpc) is 2.24. The third-order valence-electron chi connectivity index (χ3n) is 1.75. The molecule has 3 nitrogen and oxygen atoms in total. The molecule has 0 fully saturated rings. The third kappa shape index (κ3) is 3.61. The van der Waals surface area contributed by atoms with E-state index in [9.17, 15) is 0 Å². The van der Waals surface area contributed by atoms with Crippen molar-refractivity contribution in [2.75, 3.05) is 13.7 Å². The molecule has 1 aromatic rings. The van der Waals surface area contributed by atoms with Crippen molar-refractivity contribution in [3.63, 3.8) is 0 Å². The van der Waals surface area contributed by atoms with Gasteiger partial charge < -0.3 is 9.47 Å². The van der Waals surface area contributed by atoms with Crippen LogP contribution in [0.15, 0.2) is 18.2 Å². The molecule has 0 saturated carbocycles. The summed E-state index contributed by atoms with van der Waals surface area (Å²) in [6.07, 6.45) is 0.402. The molecule has 0 aliphatic rings. The number of halogens is 2. The first-order chi connectivity index (χ1) is 7.15. The van der Waals surface area contributed by atoms with Gasteiger partial charge in [-0.05, 0) is 12.1 Å². The van der Waals surface area contributed by atoms with Gasteiger partial charge in [-0.2, -0.15) is 0 Å². The van der Waals surface area contributed by atoms with Crippen molar-refractivity contribution in [1.82, 2.24) is 0 Å². The highest BCUT2D eigenvalue weighted by atomic mass is 35.5. The first kappa shape index (κ1) is 12.1. The zero-order valence-electron chi connectivity index (χ0n) is 8.22. The quantitative estimate of drug-likeness (QED) is 0.655. The van der Waals surface area contributed by atoms with E-state index in [1.54, 1.807) is 18.2 Å². The van der Waals surface area contributed by atoms with Crippen molar-refractivity contribution < 1.29 is 9.47 Å². The second-order valence-electron chi connectivity index (χ2n) is 2.78. The van der Waals surface area contributed by atoms with E-state index in [4.69, 9.17) is 33.3 Å². The molecule has 0 heterocycles. The average molecular weight is 248 g/mol. The number of methoxy groups -OCH3 is 1. The van der Waals surface area contributed by atoms with Crippen molar-refractivity contribution >= 4 is 29.1 Å². The molecule has 0 aliphatic carbocycles. The van der Waals surface area contributed by atoms with Crippen LogP contribution in [0, 0.1) is 5.41 Å². The first-order valence-corrected chi connectivity index (χ1v) is 5.09. The molecule has 0 aliphatic heterocycles. The van der Waals surface area contributed by atoms with Gasteiger partial charge in [-0.1, -0.05) is 29.3 Å². The SMILES string of the molecule is COC(=N)CCOc1cccc(Cl)c1Cl. The monoisotopic (exact) mass is 247 g/mol. The Morgan fingerprint density at radius 3 is 2.80 bits per heavy atom. The predicted octanol–water partition coefficient (Wildman–Crippen LogP) is 3.39. The fourth-order valence-corrected chi connectivity index (χ4v) is 1.30. The minimum absolute atomic E-state index is 0.174. The van der Waals surface area contributed by atoms with E-state index in [0.717, 1.165) is 0 Å². The van der Waals surface area contributed by atoms with Crippen LogP contribution in [0.25, 0.3) is 0 Å². The molecule has 0 saturated heterocycles. The van der Waals surface area contributed by atoms with Gasteiger partial charge in [0.05, 0.1) is 25.2 Å². The van der Waals surface area contributed by atoms with Crippen LogP contribution in [0.2, 0.25) is 10.0 Å². The topological polar surface area (TPSA) is 42.3 Å². The lowest BCUT2D eigenvalue weighted by Crippen LogP contribution is -2.06. The molecule has 0 unspecified atom stereocenters. The lowest BCUT2D eigenvalue weighted by atomic mass is 10.3. The van der Waals surface area contributed by atoms with Crippen LogP contribution in [-0.2, 0) is 4.74 Å². The Balaban J connectivity index is 2.51. The summed E-state index contributed by atoms with van der Waals surface area (Å²) in [5, 5.41) is 8.08. The van der Waals surface area contributed by atoms with Crippen LogP contribution in [0.1, 0.15) is 6.42 Å². The normalized spacial score (nSPS) is 9.80. The smallest absolute Gasteiger partial charge is 0.183 e. The van der Waals surface area contributed by atoms with Crippen LogP contribution in [0.3, 0.4) is 0 Å². The van der Waals surface area contributed by atoms with Crippen molar-refractivity contribution in [2.45, 2.75) is 6.42 Å². The molecule has 0 spiro atoms. The standard InChI is InChI=1S/C10H11Cl2NO2/c1-14-9(13)5-6-15-8-4-2-3-7(11)10(8)12/h2-4,13H,5-6H2,1H3. The van der Waals surface area contributed by atoms with E-state index in [0.29, 0.717) is 28.8 Å². The predicted molar refractivity (Wildman–Crippen MR) is 61.3 cm³/mol. The van der Waals surface area contributed by atoms with Gasteiger partial charge >= 0.3 is 0 Å². The van der Waals surface area contributed by atoms with Crippen molar-refractivity contribution in [1.29, 1.82) is 5.41 Å². The van der Waals surface area contributed by atoms with Crippen molar-refractivity contribution in [3.8, 4) is 5.75 Å². The molecule has 1 rings (SSSR count). The summed E-state index contributed by atoms with van der Waals surface area (Å²) in [6.45, 7) is 0.340. The highest BCUT2D eigenvalue weighted by Gasteiger charge is 2.05. The van der Waals surface area contributed by atoms with Crippen LogP contribution in [0.5, 0.6) is 5.75 Å². The lowest BCUT2D eigenvalue weighted by molar-refractivity contribution is 0.307. The van der Waals surface area contributed by atoms with Gasteiger partial charge in [0.1, 0.15) is 10.8 Å². The van der Waals surface area contributed by atoms with Crippen LogP contribution >= 0.6 is 23.2 Å². The summed E-state index contributed by atoms with van der Waals surface area (Å²) in [4.78, 5) is 0. The summed E-state index contributed by atoms with van der Waals surface area (Å²) in [6, 6.07) is 5.17. The maximum Gasteiger partial charge on any atom is 0.183 e. The van der Waals surface area contributed by atoms with E-state index in [2.05, 4.69) is 4.74 Å². The Morgan fingerprint density at radius 2 is 2.13 bits per heavy atom. The fourth-order valence-electron chi connectivity index (χ4n) is 0.951. The van der Waals surface area contributed by atoms with Gasteiger partial charge in [0.2, 0.25) is 0 Å². The van der Waals surface area contributed by atoms with Gasteiger partial charge in [-0.25, -0.2) is 0 Å². The Bertz CT molecular complexity index is 355. The van der Waals surface area contributed by atoms with Crippen LogP contribution < -0.4 is 4.74 Å². The Morgan fingerprint density at radius 1 is 1.40 bits per heavy atom. The van der Waals surface area contributed by atoms with Crippen molar-refractivity contribution in [3.05, 3.63) is 28.2 Å². The zero-order chi connectivity index (χ0) is 11.3. The Labute approximate surface area is 98.4 Å². The summed E-state index contributed by atoms with van der Waals surface area (Å²) in [5.74, 6) is 0.696. The Hall–Kier alpha value is -0.930. The summed E-state index contributed by atoms with van der Waals surface area (Å²) in [7, 11) is 1.45. The first-order valence-electron chi connectivity index (χ1n) is 4.33. The van der Waals surface area contributed by atoms with Crippen LogP contribution in [0.4, 0.5) is 0 Å². The summed E-state index contributed by atoms with van der Waals surface area (Å²) >= 11 is 11.7. The number of hydrogen-bond acceptors (Lipinski definition) is 3. The molecular formula is C10H11Cl2NO2. The molecule has 0 aromatic heterocycles. The summed E-state index contributed by atoms with van der Waals surface area (Å²) in [5.41, 5.74) is 0. The number of nitrogens with one attached hydrogen (secondary N) is 1. The van der Waals surface area contributed by atoms with Gasteiger partial charge in [-0.15, -0.1) is 0 Å². The summed E-state index contributed by atoms with van der Waals surface area (Å²) < 4.78 is 10.0. The molecule has 1 N–H and O–H groups in total. The molecule has 0 atom stereocenters. The van der Waals surface area contributed by atoms with Gasteiger partial charge in [0.15, 0.2) is 5.90 Å². The van der Waals surface area contributed by atoms with E-state index in [-0.39, 0.29) is 5.90 Å². The lowest BCUT2D eigenvalue weighted by Gasteiger charge is -2.08. The maximum absolute atomic E-state index is 7.24. The zero-order valence-corrected chi connectivity index (χ0v) is 9.73. The van der Waals surface area contributed by atoms with Gasteiger partial charge in [0, 0.05) is 0 Å². The largest absolute Gasteiger partial charge is 0.491 e. The van der Waals surface area contributed by atoms with Gasteiger partial charge in [0.25, 0.3) is 0 Å². The minimum Gasteiger partial charge on any atom is -0.491 e. The van der Waals surface area contributed by atoms with E-state index >= 15 is 0 Å². The molecule has 0 amide bonds. The molecular weight excluding hydrogens is 237 g/mol. The number of hydrogen-bond donors (Lipinski definition) is 1. The minimum atomic E-state index is 0.174. The fraction of sp³-hybridized carbons (Fsp3) is 0.300. The second kappa shape index (κ2) is 5.83. The Kier molecular flexibility index (Phi) is 4.72.